The second-order valence-corrected chi connectivity index (χ2v) is 8.71. The van der Waals surface area contributed by atoms with Crippen LogP contribution in [-0.4, -0.2) is 43.2 Å². The van der Waals surface area contributed by atoms with Crippen LogP contribution in [0.25, 0.3) is 10.9 Å². The summed E-state index contributed by atoms with van der Waals surface area (Å²) in [5.74, 6) is 0.747. The number of aryl methyl sites for hydroxylation is 1. The molecule has 3 aromatic rings. The van der Waals surface area contributed by atoms with Crippen molar-refractivity contribution >= 4 is 10.9 Å². The number of para-hydroxylation sites is 1. The maximum Gasteiger partial charge on any atom is 0.253 e. The van der Waals surface area contributed by atoms with E-state index in [0.717, 1.165) is 54.6 Å². The number of rotatable bonds is 5. The second-order valence-electron chi connectivity index (χ2n) is 8.71. The van der Waals surface area contributed by atoms with Gasteiger partial charge in [0.05, 0.1) is 11.1 Å². The molecule has 0 unspecified atom stereocenters. The number of hydrogen-bond donors (Lipinski definition) is 1. The van der Waals surface area contributed by atoms with Gasteiger partial charge in [-0.2, -0.15) is 0 Å². The monoisotopic (exact) mass is 394 g/mol. The molecule has 1 saturated heterocycles. The Balaban J connectivity index is 1.92. The standard InChI is InChI=1S/C22H30N6O/c1-5-22(3,4)28-20(24-25-26-28)19(27-12-7-6-8-13-27)17-14-16-11-9-10-15(2)18(16)23-21(17)29/h9-11,14,19H,5-8,12-13H2,1-4H3,(H,23,29)/t19-/m1/s1. The van der Waals surface area contributed by atoms with E-state index < -0.39 is 0 Å². The molecule has 1 fully saturated rings. The molecule has 1 aromatic carbocycles. The zero-order chi connectivity index (χ0) is 20.6. The molecule has 1 atom stereocenters. The van der Waals surface area contributed by atoms with E-state index in [1.807, 2.05) is 35.9 Å². The zero-order valence-corrected chi connectivity index (χ0v) is 17.8. The number of benzene rings is 1. The fourth-order valence-corrected chi connectivity index (χ4v) is 4.22. The molecule has 1 N–H and O–H groups in total. The number of likely N-dealkylation sites (tertiary alicyclic amines) is 1. The molecule has 1 aliphatic rings. The van der Waals surface area contributed by atoms with Crippen LogP contribution in [-0.2, 0) is 5.54 Å². The lowest BCUT2D eigenvalue weighted by Crippen LogP contribution is -2.40. The van der Waals surface area contributed by atoms with Gasteiger partial charge in [0.2, 0.25) is 0 Å². The van der Waals surface area contributed by atoms with Gasteiger partial charge in [-0.3, -0.25) is 9.69 Å². The average Bonchev–Trinajstić information content (AvgIpc) is 3.21. The Labute approximate surface area is 171 Å². The van der Waals surface area contributed by atoms with E-state index in [9.17, 15) is 4.79 Å². The number of tetrazole rings is 1. The Morgan fingerprint density at radius 3 is 2.69 bits per heavy atom. The first-order chi connectivity index (χ1) is 13.9. The van der Waals surface area contributed by atoms with Crippen LogP contribution in [0, 0.1) is 6.92 Å². The van der Waals surface area contributed by atoms with Crippen LogP contribution in [0.4, 0.5) is 0 Å². The van der Waals surface area contributed by atoms with Crippen LogP contribution in [0.3, 0.4) is 0 Å². The predicted molar refractivity (Wildman–Crippen MR) is 114 cm³/mol. The normalized spacial score (nSPS) is 17.0. The molecular weight excluding hydrogens is 364 g/mol. The van der Waals surface area contributed by atoms with E-state index in [1.165, 1.54) is 6.42 Å². The van der Waals surface area contributed by atoms with Gasteiger partial charge in [0.1, 0.15) is 6.04 Å². The quantitative estimate of drug-likeness (QED) is 0.716. The van der Waals surface area contributed by atoms with Crippen LogP contribution in [0.1, 0.15) is 69.4 Å². The average molecular weight is 395 g/mol. The van der Waals surface area contributed by atoms with Crippen molar-refractivity contribution in [1.29, 1.82) is 0 Å². The lowest BCUT2D eigenvalue weighted by Gasteiger charge is -2.35. The molecule has 1 aliphatic heterocycles. The van der Waals surface area contributed by atoms with Crippen molar-refractivity contribution in [2.75, 3.05) is 13.1 Å². The van der Waals surface area contributed by atoms with Crippen molar-refractivity contribution in [2.24, 2.45) is 0 Å². The third-order valence-corrected chi connectivity index (χ3v) is 6.34. The third kappa shape index (κ3) is 3.59. The molecular formula is C22H30N6O. The topological polar surface area (TPSA) is 79.7 Å². The minimum atomic E-state index is -0.259. The first-order valence-electron chi connectivity index (χ1n) is 10.6. The number of piperidine rings is 1. The number of H-pyrrole nitrogens is 1. The van der Waals surface area contributed by atoms with Crippen LogP contribution in [0.15, 0.2) is 29.1 Å². The number of fused-ring (bicyclic) bond motifs is 1. The SMILES string of the molecule is CCC(C)(C)n1nnnc1[C@@H](c1cc2cccc(C)c2[nH]c1=O)N1CCCCC1. The van der Waals surface area contributed by atoms with Crippen molar-refractivity contribution in [3.63, 3.8) is 0 Å². The Morgan fingerprint density at radius 1 is 1.21 bits per heavy atom. The highest BCUT2D eigenvalue weighted by atomic mass is 16.1. The van der Waals surface area contributed by atoms with Crippen LogP contribution in [0.5, 0.6) is 0 Å². The second kappa shape index (κ2) is 7.71. The summed E-state index contributed by atoms with van der Waals surface area (Å²) in [7, 11) is 0. The number of aromatic amines is 1. The maximum absolute atomic E-state index is 13.2. The van der Waals surface area contributed by atoms with Gasteiger partial charge in [-0.15, -0.1) is 5.10 Å². The maximum atomic E-state index is 13.2. The lowest BCUT2D eigenvalue weighted by molar-refractivity contribution is 0.167. The molecule has 29 heavy (non-hydrogen) atoms. The van der Waals surface area contributed by atoms with E-state index >= 15 is 0 Å². The largest absolute Gasteiger partial charge is 0.321 e. The number of nitrogens with zero attached hydrogens (tertiary/aromatic N) is 5. The molecule has 7 nitrogen and oxygen atoms in total. The molecule has 0 radical (unpaired) electrons. The Morgan fingerprint density at radius 2 is 1.97 bits per heavy atom. The van der Waals surface area contributed by atoms with Crippen molar-refractivity contribution in [1.82, 2.24) is 30.1 Å². The van der Waals surface area contributed by atoms with Crippen molar-refractivity contribution in [3.8, 4) is 0 Å². The molecule has 3 heterocycles. The van der Waals surface area contributed by atoms with E-state index in [0.29, 0.717) is 5.56 Å². The number of hydrogen-bond acceptors (Lipinski definition) is 5. The van der Waals surface area contributed by atoms with Crippen LogP contribution >= 0.6 is 0 Å². The van der Waals surface area contributed by atoms with E-state index in [2.05, 4.69) is 46.2 Å². The molecule has 7 heteroatoms. The first-order valence-corrected chi connectivity index (χ1v) is 10.6. The zero-order valence-electron chi connectivity index (χ0n) is 17.8. The summed E-state index contributed by atoms with van der Waals surface area (Å²) in [5, 5.41) is 13.8. The van der Waals surface area contributed by atoms with E-state index in [1.54, 1.807) is 0 Å². The molecule has 0 aliphatic carbocycles. The number of nitrogens with one attached hydrogen (secondary N) is 1. The van der Waals surface area contributed by atoms with Gasteiger partial charge in [0.25, 0.3) is 5.56 Å². The Kier molecular flexibility index (Phi) is 5.25. The van der Waals surface area contributed by atoms with Gasteiger partial charge in [-0.05, 0) is 80.6 Å². The highest BCUT2D eigenvalue weighted by molar-refractivity contribution is 5.82. The third-order valence-electron chi connectivity index (χ3n) is 6.34. The first kappa shape index (κ1) is 19.8. The smallest absolute Gasteiger partial charge is 0.253 e. The summed E-state index contributed by atoms with van der Waals surface area (Å²) < 4.78 is 1.91. The Bertz CT molecular complexity index is 1060. The minimum Gasteiger partial charge on any atom is -0.321 e. The molecule has 0 saturated carbocycles. The fourth-order valence-electron chi connectivity index (χ4n) is 4.22. The van der Waals surface area contributed by atoms with Crippen LogP contribution in [0.2, 0.25) is 0 Å². The summed E-state index contributed by atoms with van der Waals surface area (Å²) in [6, 6.07) is 7.86. The van der Waals surface area contributed by atoms with E-state index in [-0.39, 0.29) is 17.1 Å². The summed E-state index contributed by atoms with van der Waals surface area (Å²) in [5.41, 5.74) is 2.39. The number of aromatic nitrogens is 5. The van der Waals surface area contributed by atoms with E-state index in [4.69, 9.17) is 0 Å². The lowest BCUT2D eigenvalue weighted by atomic mass is 9.97. The molecule has 0 spiro atoms. The Hall–Kier alpha value is -2.54. The minimum absolute atomic E-state index is 0.0637. The van der Waals surface area contributed by atoms with Gasteiger partial charge < -0.3 is 4.98 Å². The summed E-state index contributed by atoms with van der Waals surface area (Å²) in [6.45, 7) is 10.3. The van der Waals surface area contributed by atoms with Gasteiger partial charge >= 0.3 is 0 Å². The van der Waals surface area contributed by atoms with Crippen molar-refractivity contribution in [3.05, 3.63) is 51.6 Å². The van der Waals surface area contributed by atoms with Gasteiger partial charge in [-0.1, -0.05) is 31.5 Å². The molecule has 154 valence electrons. The van der Waals surface area contributed by atoms with Gasteiger partial charge in [-0.25, -0.2) is 4.68 Å². The highest BCUT2D eigenvalue weighted by Crippen LogP contribution is 2.32. The summed E-state index contributed by atoms with van der Waals surface area (Å²) in [6.07, 6.45) is 4.37. The van der Waals surface area contributed by atoms with Crippen molar-refractivity contribution in [2.45, 2.75) is 65.0 Å². The molecule has 4 rings (SSSR count). The molecule has 0 amide bonds. The highest BCUT2D eigenvalue weighted by Gasteiger charge is 2.34. The van der Waals surface area contributed by atoms with Gasteiger partial charge in [0.15, 0.2) is 5.82 Å². The van der Waals surface area contributed by atoms with Crippen LogP contribution < -0.4 is 5.56 Å². The molecule has 2 aromatic heterocycles. The molecule has 0 bridgehead atoms. The summed E-state index contributed by atoms with van der Waals surface area (Å²) in [4.78, 5) is 18.7. The summed E-state index contributed by atoms with van der Waals surface area (Å²) >= 11 is 0. The van der Waals surface area contributed by atoms with Gasteiger partial charge in [0, 0.05) is 5.56 Å². The van der Waals surface area contributed by atoms with Crippen molar-refractivity contribution < 1.29 is 0 Å². The fraction of sp³-hybridized carbons (Fsp3) is 0.545. The number of pyridine rings is 1. The predicted octanol–water partition coefficient (Wildman–Crippen LogP) is 3.54.